The molecule has 0 aliphatic rings. The van der Waals surface area contributed by atoms with E-state index in [1.54, 1.807) is 0 Å². The standard InChI is InChI=1S/C16H13N3/c17-11-6-12-19-15-10-5-4-9-14(15)18-16(19)13-7-2-1-3-8-13/h1-5,7-10H,6,12H2. The van der Waals surface area contributed by atoms with Crippen LogP contribution in [-0.4, -0.2) is 9.55 Å². The topological polar surface area (TPSA) is 41.6 Å². The van der Waals surface area contributed by atoms with Gasteiger partial charge in [-0.2, -0.15) is 5.26 Å². The molecule has 0 radical (unpaired) electrons. The summed E-state index contributed by atoms with van der Waals surface area (Å²) < 4.78 is 2.12. The van der Waals surface area contributed by atoms with Gasteiger partial charge in [-0.05, 0) is 12.1 Å². The van der Waals surface area contributed by atoms with Crippen molar-refractivity contribution in [1.82, 2.24) is 9.55 Å². The number of fused-ring (bicyclic) bond motifs is 1. The molecule has 2 aromatic carbocycles. The van der Waals surface area contributed by atoms with Crippen LogP contribution in [0, 0.1) is 11.3 Å². The Morgan fingerprint density at radius 2 is 1.74 bits per heavy atom. The van der Waals surface area contributed by atoms with Crippen LogP contribution in [0.15, 0.2) is 54.6 Å². The number of nitrogens with zero attached hydrogens (tertiary/aromatic N) is 3. The first-order chi connectivity index (χ1) is 9.40. The summed E-state index contributed by atoms with van der Waals surface area (Å²) in [5.41, 5.74) is 3.13. The van der Waals surface area contributed by atoms with Gasteiger partial charge in [0.25, 0.3) is 0 Å². The zero-order chi connectivity index (χ0) is 13.1. The summed E-state index contributed by atoms with van der Waals surface area (Å²) in [5, 5.41) is 8.81. The van der Waals surface area contributed by atoms with Gasteiger partial charge in [-0.3, -0.25) is 0 Å². The second-order valence-electron chi connectivity index (χ2n) is 4.35. The monoisotopic (exact) mass is 247 g/mol. The molecule has 1 heterocycles. The van der Waals surface area contributed by atoms with Crippen LogP contribution in [0.3, 0.4) is 0 Å². The number of imidazole rings is 1. The lowest BCUT2D eigenvalue weighted by Crippen LogP contribution is -1.99. The molecule has 0 aliphatic heterocycles. The number of para-hydroxylation sites is 2. The third kappa shape index (κ3) is 2.09. The highest BCUT2D eigenvalue weighted by Crippen LogP contribution is 2.24. The molecule has 92 valence electrons. The van der Waals surface area contributed by atoms with E-state index in [2.05, 4.69) is 15.6 Å². The van der Waals surface area contributed by atoms with E-state index < -0.39 is 0 Å². The molecule has 3 heteroatoms. The van der Waals surface area contributed by atoms with Gasteiger partial charge in [-0.15, -0.1) is 0 Å². The van der Waals surface area contributed by atoms with Crippen molar-refractivity contribution in [2.45, 2.75) is 13.0 Å². The number of aryl methyl sites for hydroxylation is 1. The maximum atomic E-state index is 8.81. The Hall–Kier alpha value is -2.60. The number of benzene rings is 2. The fourth-order valence-corrected chi connectivity index (χ4v) is 2.27. The minimum absolute atomic E-state index is 0.486. The molecule has 19 heavy (non-hydrogen) atoms. The van der Waals surface area contributed by atoms with Crippen molar-refractivity contribution in [3.8, 4) is 17.5 Å². The molecule has 0 bridgehead atoms. The Labute approximate surface area is 111 Å². The SMILES string of the molecule is N#CCCn1c(-c2ccccc2)nc2ccccc21. The number of aromatic nitrogens is 2. The maximum Gasteiger partial charge on any atom is 0.141 e. The van der Waals surface area contributed by atoms with Crippen LogP contribution in [-0.2, 0) is 6.54 Å². The maximum absolute atomic E-state index is 8.81. The average molecular weight is 247 g/mol. The molecular weight excluding hydrogens is 234 g/mol. The lowest BCUT2D eigenvalue weighted by atomic mass is 10.2. The molecule has 0 amide bonds. The van der Waals surface area contributed by atoms with Crippen molar-refractivity contribution in [3.05, 3.63) is 54.6 Å². The molecular formula is C16H13N3. The molecule has 0 saturated heterocycles. The minimum atomic E-state index is 0.486. The van der Waals surface area contributed by atoms with Crippen LogP contribution in [0.4, 0.5) is 0 Å². The Morgan fingerprint density at radius 3 is 2.53 bits per heavy atom. The first kappa shape index (κ1) is 11.5. The Bertz CT molecular complexity index is 736. The largest absolute Gasteiger partial charge is 0.323 e. The zero-order valence-electron chi connectivity index (χ0n) is 10.5. The van der Waals surface area contributed by atoms with E-state index in [0.717, 1.165) is 22.4 Å². The van der Waals surface area contributed by atoms with Crippen LogP contribution < -0.4 is 0 Å². The zero-order valence-corrected chi connectivity index (χ0v) is 10.5. The van der Waals surface area contributed by atoms with E-state index in [-0.39, 0.29) is 0 Å². The highest BCUT2D eigenvalue weighted by Gasteiger charge is 2.11. The highest BCUT2D eigenvalue weighted by atomic mass is 15.1. The average Bonchev–Trinajstić information content (AvgIpc) is 2.85. The fraction of sp³-hybridized carbons (Fsp3) is 0.125. The molecule has 3 nitrogen and oxygen atoms in total. The van der Waals surface area contributed by atoms with E-state index in [1.165, 1.54) is 0 Å². The van der Waals surface area contributed by atoms with Crippen molar-refractivity contribution in [1.29, 1.82) is 5.26 Å². The molecule has 3 rings (SSSR count). The molecule has 0 N–H and O–H groups in total. The smallest absolute Gasteiger partial charge is 0.141 e. The predicted octanol–water partition coefficient (Wildman–Crippen LogP) is 3.62. The molecule has 1 aromatic heterocycles. The van der Waals surface area contributed by atoms with Crippen LogP contribution in [0.1, 0.15) is 6.42 Å². The summed E-state index contributed by atoms with van der Waals surface area (Å²) in [5.74, 6) is 0.928. The second kappa shape index (κ2) is 4.95. The molecule has 0 fully saturated rings. The first-order valence-electron chi connectivity index (χ1n) is 6.28. The van der Waals surface area contributed by atoms with Crippen molar-refractivity contribution in [2.75, 3.05) is 0 Å². The van der Waals surface area contributed by atoms with Crippen molar-refractivity contribution < 1.29 is 0 Å². The fourth-order valence-electron chi connectivity index (χ4n) is 2.27. The normalized spacial score (nSPS) is 10.5. The molecule has 0 atom stereocenters. The number of nitriles is 1. The van der Waals surface area contributed by atoms with E-state index in [4.69, 9.17) is 5.26 Å². The summed E-state index contributed by atoms with van der Waals surface area (Å²) in [6, 6.07) is 20.3. The van der Waals surface area contributed by atoms with Crippen molar-refractivity contribution in [2.24, 2.45) is 0 Å². The number of rotatable bonds is 3. The van der Waals surface area contributed by atoms with Crippen molar-refractivity contribution in [3.63, 3.8) is 0 Å². The molecule has 0 unspecified atom stereocenters. The van der Waals surface area contributed by atoms with Crippen LogP contribution in [0.2, 0.25) is 0 Å². The van der Waals surface area contributed by atoms with Crippen LogP contribution in [0.25, 0.3) is 22.4 Å². The third-order valence-electron chi connectivity index (χ3n) is 3.13. The molecule has 0 aliphatic carbocycles. The van der Waals surface area contributed by atoms with E-state index >= 15 is 0 Å². The lowest BCUT2D eigenvalue weighted by Gasteiger charge is -2.06. The van der Waals surface area contributed by atoms with Gasteiger partial charge in [0, 0.05) is 12.1 Å². The minimum Gasteiger partial charge on any atom is -0.323 e. The summed E-state index contributed by atoms with van der Waals surface area (Å²) in [7, 11) is 0. The summed E-state index contributed by atoms with van der Waals surface area (Å²) in [4.78, 5) is 4.69. The Morgan fingerprint density at radius 1 is 1.00 bits per heavy atom. The predicted molar refractivity (Wildman–Crippen MR) is 75.4 cm³/mol. The highest BCUT2D eigenvalue weighted by molar-refractivity contribution is 5.80. The van der Waals surface area contributed by atoms with Gasteiger partial charge < -0.3 is 4.57 Å². The molecule has 3 aromatic rings. The molecule has 0 saturated carbocycles. The van der Waals surface area contributed by atoms with Gasteiger partial charge in [0.1, 0.15) is 5.82 Å². The molecule has 0 spiro atoms. The quantitative estimate of drug-likeness (QED) is 0.709. The lowest BCUT2D eigenvalue weighted by molar-refractivity contribution is 0.744. The van der Waals surface area contributed by atoms with E-state index in [1.807, 2.05) is 54.6 Å². The Kier molecular flexibility index (Phi) is 2.99. The Balaban J connectivity index is 2.20. The van der Waals surface area contributed by atoms with E-state index in [9.17, 15) is 0 Å². The van der Waals surface area contributed by atoms with Crippen molar-refractivity contribution >= 4 is 11.0 Å². The summed E-state index contributed by atoms with van der Waals surface area (Å²) >= 11 is 0. The third-order valence-corrected chi connectivity index (χ3v) is 3.13. The summed E-state index contributed by atoms with van der Waals surface area (Å²) in [6.07, 6.45) is 0.486. The number of hydrogen-bond acceptors (Lipinski definition) is 2. The first-order valence-corrected chi connectivity index (χ1v) is 6.28. The number of hydrogen-bond donors (Lipinski definition) is 0. The van der Waals surface area contributed by atoms with Gasteiger partial charge in [-0.25, -0.2) is 4.98 Å². The van der Waals surface area contributed by atoms with Gasteiger partial charge in [0.15, 0.2) is 0 Å². The van der Waals surface area contributed by atoms with Gasteiger partial charge >= 0.3 is 0 Å². The van der Waals surface area contributed by atoms with Gasteiger partial charge in [0.2, 0.25) is 0 Å². The van der Waals surface area contributed by atoms with Gasteiger partial charge in [0.05, 0.1) is 23.5 Å². The second-order valence-corrected chi connectivity index (χ2v) is 4.35. The van der Waals surface area contributed by atoms with Crippen LogP contribution >= 0.6 is 0 Å². The van der Waals surface area contributed by atoms with Gasteiger partial charge in [-0.1, -0.05) is 42.5 Å². The van der Waals surface area contributed by atoms with E-state index in [0.29, 0.717) is 13.0 Å². The summed E-state index contributed by atoms with van der Waals surface area (Å²) in [6.45, 7) is 0.668. The van der Waals surface area contributed by atoms with Crippen LogP contribution in [0.5, 0.6) is 0 Å².